The summed E-state index contributed by atoms with van der Waals surface area (Å²) in [7, 11) is 0. The maximum absolute atomic E-state index is 11.8. The quantitative estimate of drug-likeness (QED) is 0.713. The van der Waals surface area contributed by atoms with Crippen LogP contribution >= 0.6 is 0 Å². The molecule has 7 nitrogen and oxygen atoms in total. The highest BCUT2D eigenvalue weighted by atomic mass is 16.2. The van der Waals surface area contributed by atoms with Gasteiger partial charge in [-0.2, -0.15) is 0 Å². The normalized spacial score (nSPS) is 18.2. The van der Waals surface area contributed by atoms with Gasteiger partial charge in [-0.25, -0.2) is 4.79 Å². The van der Waals surface area contributed by atoms with Crippen LogP contribution in [0.1, 0.15) is 20.8 Å². The number of nitrogens with one attached hydrogen (secondary N) is 1. The van der Waals surface area contributed by atoms with Crippen LogP contribution in [0.5, 0.6) is 0 Å². The lowest BCUT2D eigenvalue weighted by Gasteiger charge is -2.37. The van der Waals surface area contributed by atoms with Gasteiger partial charge in [0.25, 0.3) is 0 Å². The molecule has 1 aliphatic heterocycles. The number of nitrogens with two attached hydrogens (primary N) is 1. The number of urea groups is 1. The van der Waals surface area contributed by atoms with Crippen molar-refractivity contribution < 1.29 is 14.4 Å². The SMILES string of the molecule is CC(C)C(=O)N1CCN([C@@H](C)C(=O)NC(N)=O)CC1. The average molecular weight is 270 g/mol. The number of hydrogen-bond donors (Lipinski definition) is 2. The first-order chi connectivity index (χ1) is 8.82. The van der Waals surface area contributed by atoms with E-state index in [1.807, 2.05) is 18.7 Å². The lowest BCUT2D eigenvalue weighted by Crippen LogP contribution is -2.56. The number of imide groups is 1. The van der Waals surface area contributed by atoms with Gasteiger partial charge in [-0.1, -0.05) is 13.8 Å². The Bertz CT molecular complexity index is 362. The third-order valence-corrected chi connectivity index (χ3v) is 3.29. The molecule has 3 N–H and O–H groups in total. The number of carbonyl (C=O) groups excluding carboxylic acids is 3. The molecule has 0 aromatic carbocycles. The Kier molecular flexibility index (Phi) is 5.29. The summed E-state index contributed by atoms with van der Waals surface area (Å²) in [6, 6.07) is -1.27. The number of nitrogens with zero attached hydrogens (tertiary/aromatic N) is 2. The Morgan fingerprint density at radius 1 is 1.05 bits per heavy atom. The number of primary amides is 1. The van der Waals surface area contributed by atoms with E-state index in [1.165, 1.54) is 0 Å². The number of carbonyl (C=O) groups is 3. The van der Waals surface area contributed by atoms with Gasteiger partial charge in [0.15, 0.2) is 0 Å². The summed E-state index contributed by atoms with van der Waals surface area (Å²) in [4.78, 5) is 37.8. The monoisotopic (exact) mass is 270 g/mol. The first-order valence-electron chi connectivity index (χ1n) is 6.46. The summed E-state index contributed by atoms with van der Waals surface area (Å²) in [6.07, 6.45) is 0. The molecule has 1 aliphatic rings. The van der Waals surface area contributed by atoms with E-state index in [2.05, 4.69) is 5.32 Å². The zero-order valence-electron chi connectivity index (χ0n) is 11.7. The van der Waals surface area contributed by atoms with Gasteiger partial charge in [-0.05, 0) is 6.92 Å². The van der Waals surface area contributed by atoms with Crippen LogP contribution in [0.2, 0.25) is 0 Å². The second kappa shape index (κ2) is 6.51. The lowest BCUT2D eigenvalue weighted by molar-refractivity contribution is -0.137. The van der Waals surface area contributed by atoms with E-state index in [9.17, 15) is 14.4 Å². The first-order valence-corrected chi connectivity index (χ1v) is 6.46. The van der Waals surface area contributed by atoms with Crippen molar-refractivity contribution in [3.05, 3.63) is 0 Å². The molecule has 0 unspecified atom stereocenters. The van der Waals surface area contributed by atoms with E-state index >= 15 is 0 Å². The van der Waals surface area contributed by atoms with Crippen LogP contribution in [-0.2, 0) is 9.59 Å². The van der Waals surface area contributed by atoms with Crippen molar-refractivity contribution in [1.82, 2.24) is 15.1 Å². The smallest absolute Gasteiger partial charge is 0.318 e. The zero-order valence-corrected chi connectivity index (χ0v) is 11.7. The fraction of sp³-hybridized carbons (Fsp3) is 0.750. The molecular weight excluding hydrogens is 248 g/mol. The summed E-state index contributed by atoms with van der Waals surface area (Å²) in [5.41, 5.74) is 4.91. The van der Waals surface area contributed by atoms with Gasteiger partial charge in [0.05, 0.1) is 6.04 Å². The highest BCUT2D eigenvalue weighted by Crippen LogP contribution is 2.09. The van der Waals surface area contributed by atoms with E-state index in [1.54, 1.807) is 11.8 Å². The predicted octanol–water partition coefficient (Wildman–Crippen LogP) is -0.630. The Morgan fingerprint density at radius 3 is 2.00 bits per heavy atom. The Morgan fingerprint density at radius 2 is 1.58 bits per heavy atom. The van der Waals surface area contributed by atoms with Crippen molar-refractivity contribution in [2.75, 3.05) is 26.2 Å². The summed E-state index contributed by atoms with van der Waals surface area (Å²) in [5, 5.41) is 2.07. The zero-order chi connectivity index (χ0) is 14.6. The minimum absolute atomic E-state index is 0.0119. The van der Waals surface area contributed by atoms with Gasteiger partial charge < -0.3 is 10.6 Å². The molecule has 4 amide bonds. The summed E-state index contributed by atoms with van der Waals surface area (Å²) in [5.74, 6) is -0.285. The largest absolute Gasteiger partial charge is 0.351 e. The number of hydrogen-bond acceptors (Lipinski definition) is 4. The summed E-state index contributed by atoms with van der Waals surface area (Å²) >= 11 is 0. The second-order valence-electron chi connectivity index (χ2n) is 5.05. The van der Waals surface area contributed by atoms with Gasteiger partial charge in [-0.3, -0.25) is 19.8 Å². The summed E-state index contributed by atoms with van der Waals surface area (Å²) < 4.78 is 0. The van der Waals surface area contributed by atoms with Crippen molar-refractivity contribution in [2.45, 2.75) is 26.8 Å². The van der Waals surface area contributed by atoms with Crippen molar-refractivity contribution in [3.63, 3.8) is 0 Å². The fourth-order valence-electron chi connectivity index (χ4n) is 2.09. The molecule has 0 radical (unpaired) electrons. The Hall–Kier alpha value is -1.63. The van der Waals surface area contributed by atoms with Crippen LogP contribution in [0.4, 0.5) is 4.79 Å². The summed E-state index contributed by atoms with van der Waals surface area (Å²) in [6.45, 7) is 7.90. The average Bonchev–Trinajstić information content (AvgIpc) is 2.36. The van der Waals surface area contributed by atoms with Crippen molar-refractivity contribution in [2.24, 2.45) is 11.7 Å². The third-order valence-electron chi connectivity index (χ3n) is 3.29. The molecule has 0 aromatic heterocycles. The number of rotatable bonds is 3. The number of piperazine rings is 1. The third kappa shape index (κ3) is 4.20. The highest BCUT2D eigenvalue weighted by Gasteiger charge is 2.28. The molecule has 0 aromatic rings. The van der Waals surface area contributed by atoms with E-state index in [-0.39, 0.29) is 11.8 Å². The van der Waals surface area contributed by atoms with E-state index in [0.29, 0.717) is 26.2 Å². The second-order valence-corrected chi connectivity index (χ2v) is 5.05. The molecular formula is C12H22N4O3. The minimum Gasteiger partial charge on any atom is -0.351 e. The molecule has 0 spiro atoms. The molecule has 0 aliphatic carbocycles. The molecule has 108 valence electrons. The molecule has 7 heteroatoms. The Labute approximate surface area is 113 Å². The van der Waals surface area contributed by atoms with Crippen molar-refractivity contribution in [3.8, 4) is 0 Å². The molecule has 19 heavy (non-hydrogen) atoms. The van der Waals surface area contributed by atoms with Crippen LogP contribution in [0.3, 0.4) is 0 Å². The maximum Gasteiger partial charge on any atom is 0.318 e. The highest BCUT2D eigenvalue weighted by molar-refractivity contribution is 5.96. The van der Waals surface area contributed by atoms with E-state index in [4.69, 9.17) is 5.73 Å². The van der Waals surface area contributed by atoms with Gasteiger partial charge in [0.2, 0.25) is 11.8 Å². The van der Waals surface area contributed by atoms with Crippen LogP contribution in [-0.4, -0.2) is 59.9 Å². The maximum atomic E-state index is 11.8. The van der Waals surface area contributed by atoms with E-state index < -0.39 is 18.0 Å². The topological polar surface area (TPSA) is 95.7 Å². The van der Waals surface area contributed by atoms with Crippen molar-refractivity contribution >= 4 is 17.8 Å². The minimum atomic E-state index is -0.842. The van der Waals surface area contributed by atoms with Crippen LogP contribution in [0, 0.1) is 5.92 Å². The van der Waals surface area contributed by atoms with Crippen LogP contribution < -0.4 is 11.1 Å². The molecule has 1 saturated heterocycles. The van der Waals surface area contributed by atoms with Gasteiger partial charge >= 0.3 is 6.03 Å². The van der Waals surface area contributed by atoms with Crippen molar-refractivity contribution in [1.29, 1.82) is 0 Å². The lowest BCUT2D eigenvalue weighted by atomic mass is 10.1. The standard InChI is InChI=1S/C12H22N4O3/c1-8(2)11(18)16-6-4-15(5-7-16)9(3)10(17)14-12(13)19/h8-9H,4-7H2,1-3H3,(H3,13,14,17,19)/t9-/m0/s1. The fourth-order valence-corrected chi connectivity index (χ4v) is 2.09. The predicted molar refractivity (Wildman–Crippen MR) is 70.2 cm³/mol. The molecule has 0 bridgehead atoms. The first kappa shape index (κ1) is 15.4. The number of amides is 4. The van der Waals surface area contributed by atoms with Crippen LogP contribution in [0.15, 0.2) is 0 Å². The van der Waals surface area contributed by atoms with Gasteiger partial charge in [-0.15, -0.1) is 0 Å². The van der Waals surface area contributed by atoms with Gasteiger partial charge in [0.1, 0.15) is 0 Å². The van der Waals surface area contributed by atoms with Gasteiger partial charge in [0, 0.05) is 32.1 Å². The molecule has 0 saturated carbocycles. The molecule has 1 fully saturated rings. The van der Waals surface area contributed by atoms with E-state index in [0.717, 1.165) is 0 Å². The molecule has 1 rings (SSSR count). The Balaban J connectivity index is 2.47. The van der Waals surface area contributed by atoms with Crippen LogP contribution in [0.25, 0.3) is 0 Å². The molecule has 1 heterocycles. The molecule has 1 atom stereocenters.